The summed E-state index contributed by atoms with van der Waals surface area (Å²) in [5.41, 5.74) is 1.79. The summed E-state index contributed by atoms with van der Waals surface area (Å²) in [5.74, 6) is 0.129. The van der Waals surface area contributed by atoms with Crippen LogP contribution in [-0.2, 0) is 6.42 Å². The van der Waals surface area contributed by atoms with E-state index < -0.39 is 12.4 Å². The van der Waals surface area contributed by atoms with Crippen LogP contribution in [0.15, 0.2) is 48.5 Å². The summed E-state index contributed by atoms with van der Waals surface area (Å²) >= 11 is 0. The molecule has 0 N–H and O–H groups in total. The zero-order valence-electron chi connectivity index (χ0n) is 11.7. The molecule has 21 heavy (non-hydrogen) atoms. The van der Waals surface area contributed by atoms with Gasteiger partial charge in [0.25, 0.3) is 0 Å². The molecular formula is C15H13BF3KO. The number of para-hydroxylation sites is 1. The third-order valence-corrected chi connectivity index (χ3v) is 3.67. The molecule has 3 rings (SSSR count). The van der Waals surface area contributed by atoms with Gasteiger partial charge in [-0.05, 0) is 23.6 Å². The summed E-state index contributed by atoms with van der Waals surface area (Å²) in [6.07, 6.45) is 0.871. The van der Waals surface area contributed by atoms with Crippen molar-refractivity contribution in [1.29, 1.82) is 0 Å². The van der Waals surface area contributed by atoms with Gasteiger partial charge in [-0.2, -0.15) is 0 Å². The van der Waals surface area contributed by atoms with E-state index in [4.69, 9.17) is 4.74 Å². The molecule has 0 saturated heterocycles. The van der Waals surface area contributed by atoms with E-state index >= 15 is 0 Å². The van der Waals surface area contributed by atoms with Gasteiger partial charge in [0.2, 0.25) is 0 Å². The second kappa shape index (κ2) is 6.88. The topological polar surface area (TPSA) is 9.23 Å². The molecule has 0 aliphatic heterocycles. The second-order valence-electron chi connectivity index (χ2n) is 5.02. The molecule has 0 fully saturated rings. The Morgan fingerprint density at radius 1 is 1.00 bits per heavy atom. The first-order valence-electron chi connectivity index (χ1n) is 6.55. The summed E-state index contributed by atoms with van der Waals surface area (Å²) in [4.78, 5) is 0. The van der Waals surface area contributed by atoms with Gasteiger partial charge >= 0.3 is 58.4 Å². The number of rotatable bonds is 4. The van der Waals surface area contributed by atoms with Crippen LogP contribution in [0.5, 0.6) is 5.75 Å². The van der Waals surface area contributed by atoms with Gasteiger partial charge in [0.15, 0.2) is 0 Å². The Balaban J connectivity index is 0.00000161. The molecule has 1 aliphatic rings. The van der Waals surface area contributed by atoms with Crippen LogP contribution >= 0.6 is 0 Å². The fourth-order valence-electron chi connectivity index (χ4n) is 2.58. The van der Waals surface area contributed by atoms with E-state index in [0.717, 1.165) is 12.5 Å². The molecule has 1 unspecified atom stereocenters. The third kappa shape index (κ3) is 3.74. The first-order chi connectivity index (χ1) is 9.55. The van der Waals surface area contributed by atoms with Crippen molar-refractivity contribution in [1.82, 2.24) is 0 Å². The van der Waals surface area contributed by atoms with Crippen LogP contribution < -0.4 is 61.6 Å². The maximum Gasteiger partial charge on any atom is 1.00 e. The molecule has 0 spiro atoms. The van der Waals surface area contributed by atoms with Crippen LogP contribution in [0.4, 0.5) is 12.9 Å². The van der Waals surface area contributed by atoms with Crippen LogP contribution in [0, 0.1) is 0 Å². The van der Waals surface area contributed by atoms with Crippen LogP contribution in [-0.4, -0.2) is 13.6 Å². The first kappa shape index (κ1) is 17.1. The predicted octanol–water partition coefficient (Wildman–Crippen LogP) is 0.464. The second-order valence-corrected chi connectivity index (χ2v) is 5.02. The molecule has 1 atom stereocenters. The molecule has 1 nitrogen and oxygen atoms in total. The summed E-state index contributed by atoms with van der Waals surface area (Å²) in [5, 5.41) is 0. The molecular weight excluding hydrogens is 303 g/mol. The van der Waals surface area contributed by atoms with Gasteiger partial charge < -0.3 is 17.7 Å². The summed E-state index contributed by atoms with van der Waals surface area (Å²) in [6.45, 7) is -4.75. The van der Waals surface area contributed by atoms with Gasteiger partial charge in [0, 0.05) is 5.92 Å². The van der Waals surface area contributed by atoms with Crippen LogP contribution in [0.1, 0.15) is 17.0 Å². The fourth-order valence-corrected chi connectivity index (χ4v) is 2.58. The van der Waals surface area contributed by atoms with Crippen molar-refractivity contribution >= 4 is 12.4 Å². The largest absolute Gasteiger partial charge is 1.00 e. The van der Waals surface area contributed by atoms with Crippen LogP contribution in [0.25, 0.3) is 0 Å². The third-order valence-electron chi connectivity index (χ3n) is 3.67. The fraction of sp³-hybridized carbons (Fsp3) is 0.200. The van der Waals surface area contributed by atoms with Crippen molar-refractivity contribution in [2.24, 2.45) is 0 Å². The molecule has 0 saturated carbocycles. The molecule has 6 heteroatoms. The normalized spacial score (nSPS) is 16.4. The quantitative estimate of drug-likeness (QED) is 0.745. The molecule has 104 valence electrons. The number of benzene rings is 2. The summed E-state index contributed by atoms with van der Waals surface area (Å²) < 4.78 is 44.1. The van der Waals surface area contributed by atoms with E-state index in [0.29, 0.717) is 6.61 Å². The molecule has 0 aromatic heterocycles. The standard InChI is InChI=1S/C15H13BF3O.K/c17-16(18,19)14-7-3-4-8-15(14)20-10-12-9-11-5-1-2-6-13(11)12;/h1-8,12H,9-10H2;/q-1;+1. The minimum Gasteiger partial charge on any atom is -0.496 e. The molecule has 2 aromatic carbocycles. The first-order valence-corrected chi connectivity index (χ1v) is 6.55. The maximum atomic E-state index is 12.9. The smallest absolute Gasteiger partial charge is 0.496 e. The van der Waals surface area contributed by atoms with Gasteiger partial charge in [-0.3, -0.25) is 0 Å². The van der Waals surface area contributed by atoms with Crippen molar-refractivity contribution in [3.05, 3.63) is 59.7 Å². The molecule has 0 bridgehead atoms. The molecule has 0 radical (unpaired) electrons. The number of ether oxygens (including phenoxy) is 1. The minimum absolute atomic E-state index is 0. The Hall–Kier alpha value is -0.269. The van der Waals surface area contributed by atoms with Crippen molar-refractivity contribution in [2.75, 3.05) is 6.61 Å². The summed E-state index contributed by atoms with van der Waals surface area (Å²) in [7, 11) is 0. The zero-order valence-corrected chi connectivity index (χ0v) is 14.9. The van der Waals surface area contributed by atoms with Crippen molar-refractivity contribution in [2.45, 2.75) is 12.3 Å². The van der Waals surface area contributed by atoms with E-state index in [2.05, 4.69) is 0 Å². The number of hydrogen-bond acceptors (Lipinski definition) is 1. The van der Waals surface area contributed by atoms with E-state index in [9.17, 15) is 12.9 Å². The minimum atomic E-state index is -5.04. The number of fused-ring (bicyclic) bond motifs is 1. The predicted molar refractivity (Wildman–Crippen MR) is 73.5 cm³/mol. The Kier molecular flexibility index (Phi) is 5.60. The SMILES string of the molecule is F[B-](F)(F)c1ccccc1OCC1Cc2ccccc21.[K+]. The van der Waals surface area contributed by atoms with Crippen molar-refractivity contribution in [3.8, 4) is 5.75 Å². The number of halogens is 3. The van der Waals surface area contributed by atoms with Gasteiger partial charge in [0.1, 0.15) is 0 Å². The Morgan fingerprint density at radius 3 is 2.38 bits per heavy atom. The van der Waals surface area contributed by atoms with Crippen molar-refractivity contribution in [3.63, 3.8) is 0 Å². The molecule has 2 aromatic rings. The van der Waals surface area contributed by atoms with Gasteiger partial charge in [-0.15, -0.1) is 0 Å². The van der Waals surface area contributed by atoms with Gasteiger partial charge in [0.05, 0.1) is 12.4 Å². The molecule has 0 amide bonds. The van der Waals surface area contributed by atoms with Crippen LogP contribution in [0.3, 0.4) is 0 Å². The Bertz CT molecular complexity index is 630. The molecule has 1 aliphatic carbocycles. The average molecular weight is 316 g/mol. The Labute approximate surface area is 164 Å². The summed E-state index contributed by atoms with van der Waals surface area (Å²) in [6, 6.07) is 13.4. The van der Waals surface area contributed by atoms with E-state index in [1.54, 1.807) is 6.07 Å². The van der Waals surface area contributed by atoms with E-state index in [1.807, 2.05) is 24.3 Å². The Morgan fingerprint density at radius 2 is 1.67 bits per heavy atom. The molecule has 0 heterocycles. The number of hydrogen-bond donors (Lipinski definition) is 0. The zero-order chi connectivity index (χ0) is 14.2. The van der Waals surface area contributed by atoms with Gasteiger partial charge in [-0.25, -0.2) is 0 Å². The average Bonchev–Trinajstić information content (AvgIpc) is 2.39. The van der Waals surface area contributed by atoms with Crippen molar-refractivity contribution < 1.29 is 69.1 Å². The van der Waals surface area contributed by atoms with Gasteiger partial charge in [-0.1, -0.05) is 47.9 Å². The van der Waals surface area contributed by atoms with E-state index in [1.165, 1.54) is 23.3 Å². The van der Waals surface area contributed by atoms with Crippen LogP contribution in [0.2, 0.25) is 0 Å². The maximum absolute atomic E-state index is 12.9. The van der Waals surface area contributed by atoms with E-state index in [-0.39, 0.29) is 63.1 Å². The monoisotopic (exact) mass is 316 g/mol.